The Morgan fingerprint density at radius 1 is 1.11 bits per heavy atom. The maximum atomic E-state index is 12.4. The molecule has 0 amide bonds. The topological polar surface area (TPSA) is 15.3 Å². The molecule has 0 unspecified atom stereocenters. The molecule has 2 fully saturated rings. The van der Waals surface area contributed by atoms with Crippen molar-refractivity contribution in [1.29, 1.82) is 0 Å². The lowest BCUT2D eigenvalue weighted by molar-refractivity contribution is 0.151. The third kappa shape index (κ3) is 3.25. The van der Waals surface area contributed by atoms with Crippen molar-refractivity contribution >= 4 is 12.4 Å². The maximum absolute atomic E-state index is 12.4. The Hall–Kier alpha value is -0.710. The van der Waals surface area contributed by atoms with Crippen LogP contribution in [0.3, 0.4) is 0 Å². The predicted molar refractivity (Wildman–Crippen MR) is 73.8 cm³/mol. The molecule has 0 radical (unpaired) electrons. The summed E-state index contributed by atoms with van der Waals surface area (Å²) in [6.07, 6.45) is -2.36. The average Bonchev–Trinajstić information content (AvgIpc) is 2.90. The van der Waals surface area contributed by atoms with Crippen molar-refractivity contribution in [1.82, 2.24) is 10.2 Å². The number of nitrogens with one attached hydrogen (secondary N) is 1. The van der Waals surface area contributed by atoms with E-state index in [1.54, 1.807) is 12.1 Å². The number of likely N-dealkylation sites (tertiary alicyclic amines) is 1. The van der Waals surface area contributed by atoms with E-state index in [0.29, 0.717) is 0 Å². The molecule has 0 bridgehead atoms. The highest BCUT2D eigenvalue weighted by atomic mass is 35.5. The lowest BCUT2D eigenvalue weighted by Crippen LogP contribution is -2.25. The molecule has 0 spiro atoms. The van der Waals surface area contributed by atoms with Crippen molar-refractivity contribution in [3.63, 3.8) is 0 Å². The molecule has 1 N–H and O–H groups in total. The van der Waals surface area contributed by atoms with Crippen LogP contribution in [0.4, 0.5) is 8.78 Å². The summed E-state index contributed by atoms with van der Waals surface area (Å²) in [6, 6.07) is 6.73. The van der Waals surface area contributed by atoms with Gasteiger partial charge in [0, 0.05) is 25.2 Å². The van der Waals surface area contributed by atoms with E-state index in [2.05, 4.69) is 10.2 Å². The second-order valence-electron chi connectivity index (χ2n) is 5.41. The monoisotopic (exact) mass is 288 g/mol. The second-order valence-corrected chi connectivity index (χ2v) is 5.41. The van der Waals surface area contributed by atoms with Crippen LogP contribution < -0.4 is 5.32 Å². The number of fused-ring (bicyclic) bond motifs is 1. The van der Waals surface area contributed by atoms with Crippen molar-refractivity contribution in [3.8, 4) is 0 Å². The minimum atomic E-state index is -2.36. The molecule has 106 valence electrons. The van der Waals surface area contributed by atoms with E-state index < -0.39 is 6.43 Å². The van der Waals surface area contributed by atoms with Gasteiger partial charge in [-0.2, -0.15) is 0 Å². The van der Waals surface area contributed by atoms with Crippen LogP contribution in [-0.4, -0.2) is 31.1 Å². The Balaban J connectivity index is 0.00000133. The Morgan fingerprint density at radius 3 is 2.21 bits per heavy atom. The largest absolute Gasteiger partial charge is 0.316 e. The molecule has 2 saturated heterocycles. The molecular formula is C14H19ClF2N2. The van der Waals surface area contributed by atoms with Gasteiger partial charge in [0.05, 0.1) is 0 Å². The van der Waals surface area contributed by atoms with Gasteiger partial charge in [0.15, 0.2) is 0 Å². The van der Waals surface area contributed by atoms with E-state index in [0.717, 1.165) is 50.1 Å². The molecule has 2 nitrogen and oxygen atoms in total. The van der Waals surface area contributed by atoms with Crippen molar-refractivity contribution in [2.24, 2.45) is 11.8 Å². The second kappa shape index (κ2) is 6.16. The van der Waals surface area contributed by atoms with Crippen molar-refractivity contribution < 1.29 is 8.78 Å². The molecule has 1 aromatic rings. The zero-order valence-electron chi connectivity index (χ0n) is 10.7. The van der Waals surface area contributed by atoms with Gasteiger partial charge in [-0.05, 0) is 30.5 Å². The van der Waals surface area contributed by atoms with Gasteiger partial charge < -0.3 is 5.32 Å². The highest BCUT2D eigenvalue weighted by Crippen LogP contribution is 2.27. The molecule has 2 atom stereocenters. The van der Waals surface area contributed by atoms with Gasteiger partial charge in [-0.3, -0.25) is 4.90 Å². The van der Waals surface area contributed by atoms with Crippen LogP contribution in [0.2, 0.25) is 0 Å². The molecule has 3 rings (SSSR count). The maximum Gasteiger partial charge on any atom is 0.263 e. The fourth-order valence-electron chi connectivity index (χ4n) is 3.11. The van der Waals surface area contributed by atoms with Crippen LogP contribution in [0.5, 0.6) is 0 Å². The molecule has 19 heavy (non-hydrogen) atoms. The summed E-state index contributed by atoms with van der Waals surface area (Å²) in [5.74, 6) is 1.57. The third-order valence-electron chi connectivity index (χ3n) is 4.10. The van der Waals surface area contributed by atoms with E-state index in [1.165, 1.54) is 0 Å². The van der Waals surface area contributed by atoms with Gasteiger partial charge in [-0.1, -0.05) is 24.3 Å². The van der Waals surface area contributed by atoms with Crippen LogP contribution in [-0.2, 0) is 6.54 Å². The smallest absolute Gasteiger partial charge is 0.263 e. The molecule has 2 aliphatic rings. The quantitative estimate of drug-likeness (QED) is 0.920. The average molecular weight is 289 g/mol. The Kier molecular flexibility index (Phi) is 4.76. The number of hydrogen-bond acceptors (Lipinski definition) is 2. The zero-order chi connectivity index (χ0) is 12.5. The molecule has 0 saturated carbocycles. The van der Waals surface area contributed by atoms with Gasteiger partial charge in [-0.15, -0.1) is 12.4 Å². The fraction of sp³-hybridized carbons (Fsp3) is 0.571. The van der Waals surface area contributed by atoms with Crippen LogP contribution in [0.15, 0.2) is 24.3 Å². The predicted octanol–water partition coefficient (Wildman–Crippen LogP) is 2.70. The Bertz CT molecular complexity index is 398. The van der Waals surface area contributed by atoms with Crippen molar-refractivity contribution in [2.75, 3.05) is 26.2 Å². The van der Waals surface area contributed by atoms with Crippen molar-refractivity contribution in [2.45, 2.75) is 13.0 Å². The summed E-state index contributed by atoms with van der Waals surface area (Å²) in [7, 11) is 0. The van der Waals surface area contributed by atoms with Gasteiger partial charge in [0.25, 0.3) is 6.43 Å². The van der Waals surface area contributed by atoms with E-state index in [1.807, 2.05) is 12.1 Å². The van der Waals surface area contributed by atoms with Crippen LogP contribution >= 0.6 is 12.4 Å². The first-order valence-corrected chi connectivity index (χ1v) is 6.52. The van der Waals surface area contributed by atoms with Crippen LogP contribution in [0, 0.1) is 11.8 Å². The molecule has 2 heterocycles. The first kappa shape index (κ1) is 14.7. The zero-order valence-corrected chi connectivity index (χ0v) is 11.5. The van der Waals surface area contributed by atoms with Gasteiger partial charge in [-0.25, -0.2) is 8.78 Å². The number of hydrogen-bond donors (Lipinski definition) is 1. The number of nitrogens with zero attached hydrogens (tertiary/aromatic N) is 1. The summed E-state index contributed by atoms with van der Waals surface area (Å²) >= 11 is 0. The summed E-state index contributed by atoms with van der Waals surface area (Å²) in [4.78, 5) is 2.44. The van der Waals surface area contributed by atoms with E-state index in [-0.39, 0.29) is 18.0 Å². The molecular weight excluding hydrogens is 270 g/mol. The number of alkyl halides is 2. The number of rotatable bonds is 3. The Morgan fingerprint density at radius 2 is 1.68 bits per heavy atom. The van der Waals surface area contributed by atoms with Crippen molar-refractivity contribution in [3.05, 3.63) is 35.4 Å². The molecule has 0 aliphatic carbocycles. The minimum absolute atomic E-state index is 0. The van der Waals surface area contributed by atoms with E-state index in [9.17, 15) is 8.78 Å². The minimum Gasteiger partial charge on any atom is -0.316 e. The number of halogens is 3. The molecule has 0 aromatic heterocycles. The highest BCUT2D eigenvalue weighted by Gasteiger charge is 2.35. The van der Waals surface area contributed by atoms with Crippen LogP contribution in [0.25, 0.3) is 0 Å². The van der Waals surface area contributed by atoms with E-state index >= 15 is 0 Å². The fourth-order valence-corrected chi connectivity index (χ4v) is 3.11. The highest BCUT2D eigenvalue weighted by molar-refractivity contribution is 5.85. The number of benzene rings is 1. The lowest BCUT2D eigenvalue weighted by atomic mass is 10.0. The van der Waals surface area contributed by atoms with Gasteiger partial charge in [0.2, 0.25) is 0 Å². The first-order valence-electron chi connectivity index (χ1n) is 6.52. The normalized spacial score (nSPS) is 26.5. The summed E-state index contributed by atoms with van der Waals surface area (Å²) < 4.78 is 24.9. The molecule has 2 aliphatic heterocycles. The van der Waals surface area contributed by atoms with Crippen LogP contribution in [0.1, 0.15) is 17.6 Å². The van der Waals surface area contributed by atoms with Gasteiger partial charge >= 0.3 is 0 Å². The summed E-state index contributed by atoms with van der Waals surface area (Å²) in [5.41, 5.74) is 1.24. The summed E-state index contributed by atoms with van der Waals surface area (Å²) in [5, 5.41) is 3.42. The molecule has 5 heteroatoms. The Labute approximate surface area is 118 Å². The molecule has 1 aromatic carbocycles. The standard InChI is InChI=1S/C14H18F2N2.ClH/c15-14(16)11-3-1-10(2-4-11)7-18-8-12-5-17-6-13(12)9-18;/h1-4,12-14,17H,5-9H2;1H/t12-,13+;. The van der Waals surface area contributed by atoms with Gasteiger partial charge in [0.1, 0.15) is 0 Å². The first-order chi connectivity index (χ1) is 8.72. The lowest BCUT2D eigenvalue weighted by Gasteiger charge is -2.17. The SMILES string of the molecule is Cl.FC(F)c1ccc(CN2C[C@H]3CNC[C@H]3C2)cc1. The third-order valence-corrected chi connectivity index (χ3v) is 4.10. The summed E-state index contributed by atoms with van der Waals surface area (Å²) in [6.45, 7) is 5.41. The van der Waals surface area contributed by atoms with E-state index in [4.69, 9.17) is 0 Å².